The summed E-state index contributed by atoms with van der Waals surface area (Å²) in [6, 6.07) is 0. The minimum absolute atomic E-state index is 0.0682. The molecule has 0 aromatic carbocycles. The molecule has 2 aliphatic heterocycles. The van der Waals surface area contributed by atoms with Crippen LogP contribution >= 0.6 is 0 Å². The molecule has 2 aliphatic rings. The van der Waals surface area contributed by atoms with Gasteiger partial charge in [0.1, 0.15) is 0 Å². The van der Waals surface area contributed by atoms with Gasteiger partial charge in [0.05, 0.1) is 18.8 Å². The number of morpholine rings is 1. The predicted molar refractivity (Wildman–Crippen MR) is 82.0 cm³/mol. The van der Waals surface area contributed by atoms with Crippen LogP contribution in [0.15, 0.2) is 0 Å². The van der Waals surface area contributed by atoms with Crippen LogP contribution in [-0.4, -0.2) is 60.5 Å². The molecule has 118 valence electrons. The van der Waals surface area contributed by atoms with Crippen LogP contribution in [0.2, 0.25) is 0 Å². The molecular formula is C16H32N2O2. The van der Waals surface area contributed by atoms with E-state index in [0.29, 0.717) is 12.2 Å². The molecule has 2 bridgehead atoms. The smallest absolute Gasteiger partial charge is 0.0707 e. The van der Waals surface area contributed by atoms with Gasteiger partial charge in [-0.05, 0) is 51.6 Å². The molecule has 4 nitrogen and oxygen atoms in total. The summed E-state index contributed by atoms with van der Waals surface area (Å²) >= 11 is 0. The van der Waals surface area contributed by atoms with Crippen LogP contribution < -0.4 is 5.32 Å². The van der Waals surface area contributed by atoms with Crippen LogP contribution in [0, 0.1) is 0 Å². The van der Waals surface area contributed by atoms with Gasteiger partial charge in [-0.1, -0.05) is 13.8 Å². The third-order valence-electron chi connectivity index (χ3n) is 4.98. The molecule has 0 aromatic heterocycles. The molecule has 3 atom stereocenters. The highest BCUT2D eigenvalue weighted by Gasteiger charge is 2.33. The van der Waals surface area contributed by atoms with Crippen molar-refractivity contribution < 1.29 is 9.84 Å². The molecule has 0 amide bonds. The van der Waals surface area contributed by atoms with Gasteiger partial charge >= 0.3 is 0 Å². The number of nitrogens with zero attached hydrogens (tertiary/aromatic N) is 1. The molecule has 4 heteroatoms. The number of fused-ring (bicyclic) bond motifs is 2. The van der Waals surface area contributed by atoms with E-state index in [1.165, 1.54) is 12.8 Å². The summed E-state index contributed by atoms with van der Waals surface area (Å²) in [5.74, 6) is 0. The van der Waals surface area contributed by atoms with Gasteiger partial charge in [-0.25, -0.2) is 0 Å². The summed E-state index contributed by atoms with van der Waals surface area (Å²) in [5, 5.41) is 13.3. The van der Waals surface area contributed by atoms with Crippen LogP contribution in [0.25, 0.3) is 0 Å². The Hall–Kier alpha value is -0.160. The zero-order chi connectivity index (χ0) is 14.4. The highest BCUT2D eigenvalue weighted by Crippen LogP contribution is 2.26. The Kier molecular flexibility index (Phi) is 6.27. The molecule has 2 heterocycles. The average Bonchev–Trinajstić information content (AvgIpc) is 2.82. The number of aliphatic hydroxyl groups excluding tert-OH is 1. The van der Waals surface area contributed by atoms with Gasteiger partial charge in [0.2, 0.25) is 0 Å². The maximum absolute atomic E-state index is 9.74. The van der Waals surface area contributed by atoms with Gasteiger partial charge in [0, 0.05) is 18.6 Å². The first-order valence-corrected chi connectivity index (χ1v) is 8.45. The molecule has 0 radical (unpaired) electrons. The minimum Gasteiger partial charge on any atom is -0.394 e. The topological polar surface area (TPSA) is 44.7 Å². The number of rotatable bonds is 9. The molecule has 2 rings (SSSR count). The zero-order valence-corrected chi connectivity index (χ0v) is 13.2. The van der Waals surface area contributed by atoms with Crippen molar-refractivity contribution in [2.24, 2.45) is 0 Å². The van der Waals surface area contributed by atoms with Gasteiger partial charge in [-0.2, -0.15) is 0 Å². The van der Waals surface area contributed by atoms with Crippen molar-refractivity contribution in [2.45, 2.75) is 70.1 Å². The molecule has 0 spiro atoms. The van der Waals surface area contributed by atoms with Crippen molar-refractivity contribution in [1.29, 1.82) is 0 Å². The first kappa shape index (κ1) is 16.2. The molecule has 3 unspecified atom stereocenters. The quantitative estimate of drug-likeness (QED) is 0.677. The van der Waals surface area contributed by atoms with E-state index in [1.807, 2.05) is 0 Å². The highest BCUT2D eigenvalue weighted by atomic mass is 16.5. The Morgan fingerprint density at radius 1 is 1.25 bits per heavy atom. The van der Waals surface area contributed by atoms with Crippen LogP contribution in [0.5, 0.6) is 0 Å². The Balaban J connectivity index is 1.72. The minimum atomic E-state index is -0.0682. The first-order chi connectivity index (χ1) is 9.71. The standard InChI is InChI=1S/C16H32N2O2/c1-3-9-17-16(4-2,13-19)8-5-10-18-11-14-6-7-15(12-18)20-14/h14-15,17,19H,3-13H2,1-2H3. The fraction of sp³-hybridized carbons (Fsp3) is 1.00. The summed E-state index contributed by atoms with van der Waals surface area (Å²) in [5.41, 5.74) is -0.0682. The highest BCUT2D eigenvalue weighted by molar-refractivity contribution is 4.88. The maximum Gasteiger partial charge on any atom is 0.0707 e. The van der Waals surface area contributed by atoms with Gasteiger partial charge in [-0.3, -0.25) is 4.90 Å². The molecule has 0 saturated carbocycles. The number of ether oxygens (including phenoxy) is 1. The fourth-order valence-electron chi connectivity index (χ4n) is 3.55. The Morgan fingerprint density at radius 2 is 1.95 bits per heavy atom. The molecule has 2 fully saturated rings. The van der Waals surface area contributed by atoms with E-state index in [4.69, 9.17) is 4.74 Å². The lowest BCUT2D eigenvalue weighted by molar-refractivity contribution is -0.0392. The predicted octanol–water partition coefficient (Wildman–Crippen LogP) is 1.77. The normalized spacial score (nSPS) is 29.6. The van der Waals surface area contributed by atoms with Crippen molar-refractivity contribution in [2.75, 3.05) is 32.8 Å². The van der Waals surface area contributed by atoms with Crippen molar-refractivity contribution in [3.05, 3.63) is 0 Å². The number of likely N-dealkylation sites (tertiary alicyclic amines) is 1. The van der Waals surface area contributed by atoms with Gasteiger partial charge in [0.25, 0.3) is 0 Å². The van der Waals surface area contributed by atoms with Gasteiger partial charge < -0.3 is 15.2 Å². The third-order valence-corrected chi connectivity index (χ3v) is 4.98. The molecule has 20 heavy (non-hydrogen) atoms. The summed E-state index contributed by atoms with van der Waals surface area (Å²) in [4.78, 5) is 2.56. The number of nitrogens with one attached hydrogen (secondary N) is 1. The van der Waals surface area contributed by atoms with E-state index >= 15 is 0 Å². The zero-order valence-electron chi connectivity index (χ0n) is 13.2. The summed E-state index contributed by atoms with van der Waals surface area (Å²) in [7, 11) is 0. The number of hydrogen-bond donors (Lipinski definition) is 2. The van der Waals surface area contributed by atoms with Crippen molar-refractivity contribution in [1.82, 2.24) is 10.2 Å². The lowest BCUT2D eigenvalue weighted by atomic mass is 9.91. The fourth-order valence-corrected chi connectivity index (χ4v) is 3.55. The molecule has 2 N–H and O–H groups in total. The Labute approximate surface area is 123 Å². The van der Waals surface area contributed by atoms with E-state index in [-0.39, 0.29) is 12.1 Å². The van der Waals surface area contributed by atoms with Crippen molar-refractivity contribution in [3.63, 3.8) is 0 Å². The average molecular weight is 284 g/mol. The van der Waals surface area contributed by atoms with E-state index in [9.17, 15) is 5.11 Å². The lowest BCUT2D eigenvalue weighted by Gasteiger charge is -2.35. The SMILES string of the molecule is CCCNC(CC)(CO)CCCN1CC2CCC(C1)O2. The molecular weight excluding hydrogens is 252 g/mol. The van der Waals surface area contributed by atoms with E-state index in [0.717, 1.165) is 51.9 Å². The summed E-state index contributed by atoms with van der Waals surface area (Å²) < 4.78 is 5.88. The number of aliphatic hydroxyl groups is 1. The second-order valence-electron chi connectivity index (χ2n) is 6.54. The maximum atomic E-state index is 9.74. The largest absolute Gasteiger partial charge is 0.394 e. The summed E-state index contributed by atoms with van der Waals surface area (Å²) in [6.07, 6.45) is 7.80. The van der Waals surface area contributed by atoms with E-state index < -0.39 is 0 Å². The monoisotopic (exact) mass is 284 g/mol. The molecule has 0 aromatic rings. The second kappa shape index (κ2) is 7.74. The van der Waals surface area contributed by atoms with E-state index in [2.05, 4.69) is 24.1 Å². The van der Waals surface area contributed by atoms with Crippen LogP contribution in [0.4, 0.5) is 0 Å². The van der Waals surface area contributed by atoms with Crippen molar-refractivity contribution >= 4 is 0 Å². The third kappa shape index (κ3) is 4.17. The van der Waals surface area contributed by atoms with Crippen LogP contribution in [0.3, 0.4) is 0 Å². The van der Waals surface area contributed by atoms with Gasteiger partial charge in [-0.15, -0.1) is 0 Å². The Bertz CT molecular complexity index is 270. The molecule has 2 saturated heterocycles. The van der Waals surface area contributed by atoms with Crippen LogP contribution in [0.1, 0.15) is 52.4 Å². The summed E-state index contributed by atoms with van der Waals surface area (Å²) in [6.45, 7) is 8.95. The van der Waals surface area contributed by atoms with E-state index in [1.54, 1.807) is 0 Å². The lowest BCUT2D eigenvalue weighted by Crippen LogP contribution is -2.49. The van der Waals surface area contributed by atoms with Crippen LogP contribution in [-0.2, 0) is 4.74 Å². The van der Waals surface area contributed by atoms with Crippen molar-refractivity contribution in [3.8, 4) is 0 Å². The second-order valence-corrected chi connectivity index (χ2v) is 6.54. The molecule has 0 aliphatic carbocycles. The Morgan fingerprint density at radius 3 is 2.50 bits per heavy atom. The van der Waals surface area contributed by atoms with Gasteiger partial charge in [0.15, 0.2) is 0 Å². The first-order valence-electron chi connectivity index (χ1n) is 8.45. The number of hydrogen-bond acceptors (Lipinski definition) is 4.